The van der Waals surface area contributed by atoms with Gasteiger partial charge in [-0.05, 0) is 42.3 Å². The highest BCUT2D eigenvalue weighted by Gasteiger charge is 2.35. The summed E-state index contributed by atoms with van der Waals surface area (Å²) in [6, 6.07) is 17.6. The van der Waals surface area contributed by atoms with Crippen LogP contribution in [0.3, 0.4) is 0 Å². The molecular weight excluding hydrogens is 434 g/mol. The highest BCUT2D eigenvalue weighted by atomic mass is 32.2. The maximum atomic E-state index is 13.0. The molecule has 2 aromatic carbocycles. The summed E-state index contributed by atoms with van der Waals surface area (Å²) in [7, 11) is 0. The fourth-order valence-electron chi connectivity index (χ4n) is 4.56. The standard InChI is InChI=1S/C26H25N3O3S/c30-24(27-20-10-4-5-11-20)17-28-16-19(21-12-6-7-13-22(21)28)14-23-25(31)29(26(32)33-23)15-18-8-2-1-3-9-18/h1-3,6-9,12-14,16,20H,4-5,10-11,15,17H2,(H,27,30)/b23-14-. The van der Waals surface area contributed by atoms with E-state index in [1.165, 1.54) is 17.7 Å². The summed E-state index contributed by atoms with van der Waals surface area (Å²) in [5.41, 5.74) is 2.66. The Labute approximate surface area is 196 Å². The number of hydrogen-bond acceptors (Lipinski definition) is 4. The van der Waals surface area contributed by atoms with E-state index in [-0.39, 0.29) is 36.2 Å². The summed E-state index contributed by atoms with van der Waals surface area (Å²) in [5.74, 6) is -0.290. The van der Waals surface area contributed by atoms with Gasteiger partial charge in [0, 0.05) is 28.7 Å². The minimum atomic E-state index is -0.287. The number of rotatable bonds is 6. The number of fused-ring (bicyclic) bond motifs is 1. The SMILES string of the molecule is O=C(Cn1cc(/C=C2\SC(=O)N(Cc3ccccc3)C2=O)c2ccccc21)NC1CCCC1. The second-order valence-corrected chi connectivity index (χ2v) is 9.53. The molecular formula is C26H25N3O3S. The first-order valence-electron chi connectivity index (χ1n) is 11.2. The van der Waals surface area contributed by atoms with Gasteiger partial charge in [-0.3, -0.25) is 19.3 Å². The van der Waals surface area contributed by atoms with Crippen LogP contribution in [-0.4, -0.2) is 32.6 Å². The number of nitrogens with one attached hydrogen (secondary N) is 1. The second-order valence-electron chi connectivity index (χ2n) is 8.53. The molecule has 0 unspecified atom stereocenters. The summed E-state index contributed by atoms with van der Waals surface area (Å²) < 4.78 is 1.92. The Bertz CT molecular complexity index is 1240. The number of aromatic nitrogens is 1. The third-order valence-electron chi connectivity index (χ3n) is 6.20. The molecule has 33 heavy (non-hydrogen) atoms. The highest BCUT2D eigenvalue weighted by Crippen LogP contribution is 2.35. The first-order valence-corrected chi connectivity index (χ1v) is 12.1. The van der Waals surface area contributed by atoms with Gasteiger partial charge in [0.1, 0.15) is 6.54 Å². The molecule has 1 aliphatic heterocycles. The fourth-order valence-corrected chi connectivity index (χ4v) is 5.39. The van der Waals surface area contributed by atoms with Crippen molar-refractivity contribution in [3.05, 3.63) is 76.8 Å². The number of hydrogen-bond donors (Lipinski definition) is 1. The van der Waals surface area contributed by atoms with Gasteiger partial charge in [0.2, 0.25) is 5.91 Å². The number of nitrogens with zero attached hydrogens (tertiary/aromatic N) is 2. The number of carbonyl (C=O) groups excluding carboxylic acids is 3. The van der Waals surface area contributed by atoms with Crippen molar-refractivity contribution in [2.45, 2.75) is 44.8 Å². The van der Waals surface area contributed by atoms with Gasteiger partial charge >= 0.3 is 0 Å². The average Bonchev–Trinajstić information content (AvgIpc) is 3.51. The Hall–Kier alpha value is -3.32. The Morgan fingerprint density at radius 2 is 1.76 bits per heavy atom. The maximum Gasteiger partial charge on any atom is 0.293 e. The predicted molar refractivity (Wildman–Crippen MR) is 130 cm³/mol. The molecule has 0 bridgehead atoms. The van der Waals surface area contributed by atoms with Crippen LogP contribution in [0.5, 0.6) is 0 Å². The Morgan fingerprint density at radius 1 is 1.03 bits per heavy atom. The minimum absolute atomic E-state index is 0.00242. The Kier molecular flexibility index (Phi) is 6.05. The average molecular weight is 460 g/mol. The minimum Gasteiger partial charge on any atom is -0.352 e. The van der Waals surface area contributed by atoms with Crippen LogP contribution in [-0.2, 0) is 22.7 Å². The molecule has 2 heterocycles. The van der Waals surface area contributed by atoms with Crippen molar-refractivity contribution in [1.29, 1.82) is 0 Å². The van der Waals surface area contributed by atoms with Gasteiger partial charge in [0.25, 0.3) is 11.1 Å². The van der Waals surface area contributed by atoms with Crippen molar-refractivity contribution < 1.29 is 14.4 Å². The Morgan fingerprint density at radius 3 is 2.55 bits per heavy atom. The third-order valence-corrected chi connectivity index (χ3v) is 7.10. The zero-order valence-corrected chi connectivity index (χ0v) is 19.0. The van der Waals surface area contributed by atoms with Crippen molar-refractivity contribution in [2.24, 2.45) is 0 Å². The van der Waals surface area contributed by atoms with Gasteiger partial charge in [-0.15, -0.1) is 0 Å². The van der Waals surface area contributed by atoms with Crippen molar-refractivity contribution >= 4 is 45.8 Å². The molecule has 5 rings (SSSR count). The van der Waals surface area contributed by atoms with Crippen LogP contribution in [0.15, 0.2) is 65.7 Å². The first kappa shape index (κ1) is 21.5. The van der Waals surface area contributed by atoms with Gasteiger partial charge < -0.3 is 9.88 Å². The lowest BCUT2D eigenvalue weighted by Crippen LogP contribution is -2.35. The fraction of sp³-hybridized carbons (Fsp3) is 0.269. The molecule has 1 aromatic heterocycles. The van der Waals surface area contributed by atoms with Crippen LogP contribution in [0.2, 0.25) is 0 Å². The van der Waals surface area contributed by atoms with E-state index in [2.05, 4.69) is 5.32 Å². The lowest BCUT2D eigenvalue weighted by atomic mass is 10.1. The van der Waals surface area contributed by atoms with Crippen LogP contribution in [0, 0.1) is 0 Å². The molecule has 3 aromatic rings. The van der Waals surface area contributed by atoms with Crippen LogP contribution in [0.1, 0.15) is 36.8 Å². The van der Waals surface area contributed by atoms with E-state index in [0.29, 0.717) is 4.91 Å². The molecule has 1 saturated carbocycles. The molecule has 2 fully saturated rings. The van der Waals surface area contributed by atoms with Gasteiger partial charge in [-0.25, -0.2) is 0 Å². The van der Waals surface area contributed by atoms with Gasteiger partial charge in [0.15, 0.2) is 0 Å². The van der Waals surface area contributed by atoms with E-state index < -0.39 is 0 Å². The van der Waals surface area contributed by atoms with Crippen molar-refractivity contribution in [1.82, 2.24) is 14.8 Å². The molecule has 168 valence electrons. The van der Waals surface area contributed by atoms with Crippen LogP contribution in [0.4, 0.5) is 4.79 Å². The number of thioether (sulfide) groups is 1. The van der Waals surface area contributed by atoms with Gasteiger partial charge in [-0.2, -0.15) is 0 Å². The zero-order chi connectivity index (χ0) is 22.8. The van der Waals surface area contributed by atoms with E-state index in [1.54, 1.807) is 6.08 Å². The lowest BCUT2D eigenvalue weighted by molar-refractivity contribution is -0.123. The molecule has 7 heteroatoms. The smallest absolute Gasteiger partial charge is 0.293 e. The van der Waals surface area contributed by atoms with E-state index in [0.717, 1.165) is 46.6 Å². The van der Waals surface area contributed by atoms with E-state index in [4.69, 9.17) is 0 Å². The number of carbonyl (C=O) groups is 3. The van der Waals surface area contributed by atoms with Gasteiger partial charge in [0.05, 0.1) is 11.4 Å². The normalized spacial score (nSPS) is 18.1. The summed E-state index contributed by atoms with van der Waals surface area (Å²) in [6.07, 6.45) is 8.08. The quantitative estimate of drug-likeness (QED) is 0.530. The number of para-hydroxylation sites is 1. The van der Waals surface area contributed by atoms with Gasteiger partial charge in [-0.1, -0.05) is 61.4 Å². The second kappa shape index (κ2) is 9.27. The topological polar surface area (TPSA) is 71.4 Å². The number of imide groups is 1. The summed E-state index contributed by atoms with van der Waals surface area (Å²) in [6.45, 7) is 0.478. The van der Waals surface area contributed by atoms with Crippen LogP contribution < -0.4 is 5.32 Å². The molecule has 1 saturated heterocycles. The molecule has 0 atom stereocenters. The summed E-state index contributed by atoms with van der Waals surface area (Å²) in [5, 5.41) is 3.81. The van der Waals surface area contributed by atoms with Crippen molar-refractivity contribution in [3.63, 3.8) is 0 Å². The van der Waals surface area contributed by atoms with Crippen molar-refractivity contribution in [2.75, 3.05) is 0 Å². The number of benzene rings is 2. The summed E-state index contributed by atoms with van der Waals surface area (Å²) >= 11 is 0.959. The molecule has 1 aliphatic carbocycles. The number of amides is 3. The summed E-state index contributed by atoms with van der Waals surface area (Å²) in [4.78, 5) is 39.8. The highest BCUT2D eigenvalue weighted by molar-refractivity contribution is 8.18. The Balaban J connectivity index is 1.39. The molecule has 3 amide bonds. The van der Waals surface area contributed by atoms with E-state index in [1.807, 2.05) is 65.4 Å². The van der Waals surface area contributed by atoms with E-state index in [9.17, 15) is 14.4 Å². The monoisotopic (exact) mass is 459 g/mol. The van der Waals surface area contributed by atoms with Crippen molar-refractivity contribution in [3.8, 4) is 0 Å². The third kappa shape index (κ3) is 4.59. The van der Waals surface area contributed by atoms with Crippen LogP contribution >= 0.6 is 11.8 Å². The zero-order valence-electron chi connectivity index (χ0n) is 18.2. The van der Waals surface area contributed by atoms with E-state index >= 15 is 0 Å². The molecule has 6 nitrogen and oxygen atoms in total. The first-order chi connectivity index (χ1) is 16.1. The molecule has 1 N–H and O–H groups in total. The predicted octanol–water partition coefficient (Wildman–Crippen LogP) is 4.94. The van der Waals surface area contributed by atoms with Crippen LogP contribution in [0.25, 0.3) is 17.0 Å². The lowest BCUT2D eigenvalue weighted by Gasteiger charge is -2.12. The maximum absolute atomic E-state index is 13.0. The molecule has 0 spiro atoms. The largest absolute Gasteiger partial charge is 0.352 e. The molecule has 2 aliphatic rings. The molecule has 0 radical (unpaired) electrons.